The minimum atomic E-state index is -1.36. The number of amides is 2. The van der Waals surface area contributed by atoms with Gasteiger partial charge >= 0.3 is 12.1 Å². The van der Waals surface area contributed by atoms with Crippen LogP contribution in [0.25, 0.3) is 11.1 Å². The standard InChI is InChI=1S/C31H30N2O6/c1-3-11-27(29(34)33-28(30(35)36)20(2)38-18-21-12-5-4-6-13-21)32-31(37)39-19-26-24-16-9-7-14-22(24)23-15-8-10-17-25(23)26/h1,4-10,12-17,20,26-28H,11,18-19H2,2H3,(H,32,37)(H,33,34)(H,35,36)/t20-,27?,28+/m1/s1. The van der Waals surface area contributed by atoms with Gasteiger partial charge in [-0.15, -0.1) is 12.3 Å². The Kier molecular flexibility index (Phi) is 8.97. The van der Waals surface area contributed by atoms with Crippen LogP contribution in [0, 0.1) is 12.3 Å². The second kappa shape index (κ2) is 12.8. The van der Waals surface area contributed by atoms with Gasteiger partial charge in [-0.3, -0.25) is 4.79 Å². The first-order chi connectivity index (χ1) is 18.9. The van der Waals surface area contributed by atoms with Gasteiger partial charge in [-0.2, -0.15) is 0 Å². The minimum Gasteiger partial charge on any atom is -0.480 e. The number of alkyl carbamates (subject to hydrolysis) is 1. The van der Waals surface area contributed by atoms with E-state index in [0.29, 0.717) is 0 Å². The Hall–Kier alpha value is -4.61. The van der Waals surface area contributed by atoms with E-state index in [1.165, 1.54) is 0 Å². The summed E-state index contributed by atoms with van der Waals surface area (Å²) >= 11 is 0. The lowest BCUT2D eigenvalue weighted by molar-refractivity contribution is -0.146. The van der Waals surface area contributed by atoms with Gasteiger partial charge in [0.15, 0.2) is 6.04 Å². The predicted molar refractivity (Wildman–Crippen MR) is 146 cm³/mol. The summed E-state index contributed by atoms with van der Waals surface area (Å²) in [6.45, 7) is 1.79. The van der Waals surface area contributed by atoms with Crippen molar-refractivity contribution in [1.29, 1.82) is 0 Å². The van der Waals surface area contributed by atoms with E-state index in [1.807, 2.05) is 78.9 Å². The smallest absolute Gasteiger partial charge is 0.407 e. The summed E-state index contributed by atoms with van der Waals surface area (Å²) in [4.78, 5) is 37.6. The van der Waals surface area contributed by atoms with Gasteiger partial charge < -0.3 is 25.2 Å². The molecular weight excluding hydrogens is 496 g/mol. The quantitative estimate of drug-likeness (QED) is 0.324. The predicted octanol–water partition coefficient (Wildman–Crippen LogP) is 4.09. The zero-order chi connectivity index (χ0) is 27.8. The maximum atomic E-state index is 13.0. The Labute approximate surface area is 227 Å². The maximum Gasteiger partial charge on any atom is 0.407 e. The van der Waals surface area contributed by atoms with Crippen LogP contribution in [0.15, 0.2) is 78.9 Å². The monoisotopic (exact) mass is 526 g/mol. The summed E-state index contributed by atoms with van der Waals surface area (Å²) in [6.07, 6.45) is 3.59. The minimum absolute atomic E-state index is 0.0619. The van der Waals surface area contributed by atoms with E-state index < -0.39 is 36.2 Å². The number of carboxylic acids is 1. The Balaban J connectivity index is 1.36. The largest absolute Gasteiger partial charge is 0.480 e. The van der Waals surface area contributed by atoms with Gasteiger partial charge in [-0.1, -0.05) is 78.9 Å². The number of carboxylic acid groups (broad SMARTS) is 1. The molecule has 3 N–H and O–H groups in total. The average molecular weight is 527 g/mol. The van der Waals surface area contributed by atoms with E-state index in [0.717, 1.165) is 27.8 Å². The molecule has 0 saturated heterocycles. The third-order valence-corrected chi connectivity index (χ3v) is 6.66. The highest BCUT2D eigenvalue weighted by Gasteiger charge is 2.32. The number of hydrogen-bond donors (Lipinski definition) is 3. The van der Waals surface area contributed by atoms with Crippen molar-refractivity contribution in [3.05, 3.63) is 95.6 Å². The molecule has 1 aliphatic rings. The molecule has 200 valence electrons. The van der Waals surface area contributed by atoms with Crippen molar-refractivity contribution in [3.8, 4) is 23.5 Å². The lowest BCUT2D eigenvalue weighted by Gasteiger charge is -2.24. The van der Waals surface area contributed by atoms with Crippen molar-refractivity contribution in [2.24, 2.45) is 0 Å². The van der Waals surface area contributed by atoms with Crippen molar-refractivity contribution >= 4 is 18.0 Å². The second-order valence-corrected chi connectivity index (χ2v) is 9.26. The third-order valence-electron chi connectivity index (χ3n) is 6.66. The zero-order valence-corrected chi connectivity index (χ0v) is 21.5. The van der Waals surface area contributed by atoms with Crippen LogP contribution < -0.4 is 10.6 Å². The normalized spacial score (nSPS) is 14.2. The van der Waals surface area contributed by atoms with Crippen molar-refractivity contribution in [2.45, 2.75) is 44.1 Å². The van der Waals surface area contributed by atoms with Gasteiger partial charge in [0.25, 0.3) is 0 Å². The fraction of sp³-hybridized carbons (Fsp3) is 0.258. The lowest BCUT2D eigenvalue weighted by Crippen LogP contribution is -2.55. The number of aliphatic carboxylic acids is 1. The number of rotatable bonds is 11. The molecule has 3 aromatic rings. The maximum absolute atomic E-state index is 13.0. The summed E-state index contributed by atoms with van der Waals surface area (Å²) in [7, 11) is 0. The van der Waals surface area contributed by atoms with Gasteiger partial charge in [0, 0.05) is 12.3 Å². The number of carbonyl (C=O) groups excluding carboxylic acids is 2. The Morgan fingerprint density at radius 1 is 0.923 bits per heavy atom. The van der Waals surface area contributed by atoms with E-state index in [1.54, 1.807) is 6.92 Å². The molecule has 0 aliphatic heterocycles. The van der Waals surface area contributed by atoms with Gasteiger partial charge in [-0.25, -0.2) is 9.59 Å². The average Bonchev–Trinajstić information content (AvgIpc) is 3.27. The highest BCUT2D eigenvalue weighted by molar-refractivity contribution is 5.89. The Morgan fingerprint density at radius 3 is 2.10 bits per heavy atom. The van der Waals surface area contributed by atoms with Crippen LogP contribution >= 0.6 is 0 Å². The number of nitrogens with one attached hydrogen (secondary N) is 2. The summed E-state index contributed by atoms with van der Waals surface area (Å²) in [5, 5.41) is 14.6. The first-order valence-electron chi connectivity index (χ1n) is 12.6. The topological polar surface area (TPSA) is 114 Å². The molecule has 4 rings (SSSR count). The SMILES string of the molecule is C#CCC(NC(=O)OCC1c2ccccc2-c2ccccc21)C(=O)N[C@H](C(=O)O)[C@@H](C)OCc1ccccc1. The van der Waals surface area contributed by atoms with Crippen molar-refractivity contribution in [1.82, 2.24) is 10.6 Å². The van der Waals surface area contributed by atoms with Crippen LogP contribution in [0.5, 0.6) is 0 Å². The summed E-state index contributed by atoms with van der Waals surface area (Å²) in [5.41, 5.74) is 5.16. The van der Waals surface area contributed by atoms with Gasteiger partial charge in [-0.05, 0) is 34.7 Å². The van der Waals surface area contributed by atoms with Gasteiger partial charge in [0.05, 0.1) is 12.7 Å². The fourth-order valence-electron chi connectivity index (χ4n) is 4.64. The number of fused-ring (bicyclic) bond motifs is 3. The molecule has 0 spiro atoms. The van der Waals surface area contributed by atoms with Crippen LogP contribution in [0.3, 0.4) is 0 Å². The number of terminal acetylenes is 1. The van der Waals surface area contributed by atoms with Crippen molar-refractivity contribution in [2.75, 3.05) is 6.61 Å². The van der Waals surface area contributed by atoms with Crippen LogP contribution in [0.1, 0.15) is 36.0 Å². The Morgan fingerprint density at radius 2 is 1.51 bits per heavy atom. The molecule has 0 radical (unpaired) electrons. The number of benzene rings is 3. The molecule has 3 atom stereocenters. The van der Waals surface area contributed by atoms with Crippen LogP contribution in [-0.2, 0) is 25.7 Å². The fourth-order valence-corrected chi connectivity index (χ4v) is 4.64. The van der Waals surface area contributed by atoms with E-state index in [4.69, 9.17) is 15.9 Å². The number of ether oxygens (including phenoxy) is 2. The molecule has 8 heteroatoms. The molecule has 3 aromatic carbocycles. The molecule has 0 fully saturated rings. The highest BCUT2D eigenvalue weighted by Crippen LogP contribution is 2.44. The summed E-state index contributed by atoms with van der Waals surface area (Å²) < 4.78 is 11.2. The number of carbonyl (C=O) groups is 3. The molecule has 0 bridgehead atoms. The van der Waals surface area contributed by atoms with Crippen LogP contribution in [0.2, 0.25) is 0 Å². The lowest BCUT2D eigenvalue weighted by atomic mass is 9.98. The van der Waals surface area contributed by atoms with E-state index in [9.17, 15) is 19.5 Å². The second-order valence-electron chi connectivity index (χ2n) is 9.26. The summed E-state index contributed by atoms with van der Waals surface area (Å²) in [5.74, 6) is 0.175. The van der Waals surface area contributed by atoms with Gasteiger partial charge in [0.1, 0.15) is 12.6 Å². The zero-order valence-electron chi connectivity index (χ0n) is 21.5. The molecule has 0 heterocycles. The number of hydrogen-bond acceptors (Lipinski definition) is 5. The molecule has 2 amide bonds. The molecule has 8 nitrogen and oxygen atoms in total. The highest BCUT2D eigenvalue weighted by atomic mass is 16.5. The molecule has 1 unspecified atom stereocenters. The molecule has 0 saturated carbocycles. The molecule has 1 aliphatic carbocycles. The Bertz CT molecular complexity index is 1320. The van der Waals surface area contributed by atoms with Crippen molar-refractivity contribution in [3.63, 3.8) is 0 Å². The van der Waals surface area contributed by atoms with Crippen LogP contribution in [0.4, 0.5) is 4.79 Å². The third kappa shape index (κ3) is 6.64. The van der Waals surface area contributed by atoms with Gasteiger partial charge in [0.2, 0.25) is 5.91 Å². The first kappa shape index (κ1) is 27.4. The van der Waals surface area contributed by atoms with Crippen molar-refractivity contribution < 1.29 is 29.0 Å². The van der Waals surface area contributed by atoms with E-state index >= 15 is 0 Å². The molecular formula is C31H30N2O6. The summed E-state index contributed by atoms with van der Waals surface area (Å²) in [6, 6.07) is 22.6. The first-order valence-corrected chi connectivity index (χ1v) is 12.6. The van der Waals surface area contributed by atoms with E-state index in [2.05, 4.69) is 16.6 Å². The van der Waals surface area contributed by atoms with E-state index in [-0.39, 0.29) is 25.6 Å². The molecule has 0 aromatic heterocycles. The van der Waals surface area contributed by atoms with Crippen LogP contribution in [-0.4, -0.2) is 47.9 Å². The molecule has 39 heavy (non-hydrogen) atoms.